The van der Waals surface area contributed by atoms with Gasteiger partial charge in [-0.1, -0.05) is 55.5 Å². The van der Waals surface area contributed by atoms with Crippen LogP contribution in [0.2, 0.25) is 0 Å². The molecule has 2 fully saturated rings. The fourth-order valence-corrected chi connectivity index (χ4v) is 4.85. The Morgan fingerprint density at radius 2 is 1.45 bits per heavy atom. The van der Waals surface area contributed by atoms with Crippen molar-refractivity contribution in [2.24, 2.45) is 17.8 Å². The van der Waals surface area contributed by atoms with Crippen molar-refractivity contribution in [3.05, 3.63) is 78.9 Å². The van der Waals surface area contributed by atoms with Gasteiger partial charge in [0.25, 0.3) is 0 Å². The van der Waals surface area contributed by atoms with E-state index < -0.39 is 0 Å². The third-order valence-electron chi connectivity index (χ3n) is 6.48. The van der Waals surface area contributed by atoms with Crippen molar-refractivity contribution in [1.29, 1.82) is 0 Å². The zero-order valence-electron chi connectivity index (χ0n) is 17.5. The quantitative estimate of drug-likeness (QED) is 0.490. The van der Waals surface area contributed by atoms with E-state index in [0.29, 0.717) is 17.4 Å². The van der Waals surface area contributed by atoms with Gasteiger partial charge in [0.1, 0.15) is 11.5 Å². The van der Waals surface area contributed by atoms with Crippen LogP contribution in [0.4, 0.5) is 5.69 Å². The Balaban J connectivity index is 1.37. The van der Waals surface area contributed by atoms with Crippen molar-refractivity contribution in [2.75, 3.05) is 4.90 Å². The first-order chi connectivity index (χ1) is 15.1. The van der Waals surface area contributed by atoms with Gasteiger partial charge in [-0.15, -0.1) is 0 Å². The molecule has 0 spiro atoms. The summed E-state index contributed by atoms with van der Waals surface area (Å²) in [6.45, 7) is 2.16. The number of ether oxygens (including phenoxy) is 1. The molecule has 1 saturated carbocycles. The fourth-order valence-electron chi connectivity index (χ4n) is 4.85. The van der Waals surface area contributed by atoms with Crippen molar-refractivity contribution in [2.45, 2.75) is 26.2 Å². The number of carbonyl (C=O) groups is 2. The van der Waals surface area contributed by atoms with Crippen molar-refractivity contribution < 1.29 is 14.3 Å². The van der Waals surface area contributed by atoms with Crippen LogP contribution in [0.3, 0.4) is 0 Å². The molecule has 2 amide bonds. The Morgan fingerprint density at radius 1 is 0.774 bits per heavy atom. The molecule has 1 aliphatic carbocycles. The molecular weight excluding hydrogens is 386 g/mol. The molecule has 3 aromatic rings. The molecule has 1 saturated heterocycles. The summed E-state index contributed by atoms with van der Waals surface area (Å²) in [6.07, 6.45) is 2.63. The van der Waals surface area contributed by atoms with E-state index in [1.54, 1.807) is 12.1 Å². The van der Waals surface area contributed by atoms with Crippen molar-refractivity contribution in [1.82, 2.24) is 0 Å². The minimum Gasteiger partial charge on any atom is -0.457 e. The Hall–Kier alpha value is -3.40. The smallest absolute Gasteiger partial charge is 0.237 e. The third-order valence-corrected chi connectivity index (χ3v) is 6.48. The second-order valence-electron chi connectivity index (χ2n) is 8.60. The molecule has 3 aromatic carbocycles. The molecule has 0 bridgehead atoms. The largest absolute Gasteiger partial charge is 0.457 e. The first-order valence-electron chi connectivity index (χ1n) is 10.9. The zero-order chi connectivity index (χ0) is 21.4. The summed E-state index contributed by atoms with van der Waals surface area (Å²) in [5.41, 5.74) is 2.72. The minimum absolute atomic E-state index is 0.0509. The summed E-state index contributed by atoms with van der Waals surface area (Å²) in [6, 6.07) is 25.3. The Bertz CT molecular complexity index is 1110. The molecule has 31 heavy (non-hydrogen) atoms. The molecule has 0 aromatic heterocycles. The van der Waals surface area contributed by atoms with Crippen LogP contribution in [0.1, 0.15) is 26.2 Å². The lowest BCUT2D eigenvalue weighted by Gasteiger charge is -2.25. The van der Waals surface area contributed by atoms with E-state index in [0.717, 1.165) is 36.1 Å². The number of rotatable bonds is 4. The Labute approximate surface area is 182 Å². The summed E-state index contributed by atoms with van der Waals surface area (Å²) in [7, 11) is 0. The molecule has 0 unspecified atom stereocenters. The number of imide groups is 1. The van der Waals surface area contributed by atoms with Gasteiger partial charge in [0.15, 0.2) is 0 Å². The first kappa shape index (κ1) is 19.6. The lowest BCUT2D eigenvalue weighted by atomic mass is 9.76. The highest BCUT2D eigenvalue weighted by Gasteiger charge is 2.49. The van der Waals surface area contributed by atoms with Crippen LogP contribution in [0, 0.1) is 17.8 Å². The number of anilines is 1. The second kappa shape index (κ2) is 8.03. The molecule has 2 aliphatic rings. The van der Waals surface area contributed by atoms with Gasteiger partial charge in [-0.3, -0.25) is 14.5 Å². The normalized spacial score (nSPS) is 23.0. The van der Waals surface area contributed by atoms with Gasteiger partial charge in [-0.05, 0) is 61.1 Å². The van der Waals surface area contributed by atoms with E-state index in [2.05, 4.69) is 19.1 Å². The number of hydrogen-bond acceptors (Lipinski definition) is 3. The van der Waals surface area contributed by atoms with Gasteiger partial charge in [0.05, 0.1) is 17.5 Å². The van der Waals surface area contributed by atoms with Crippen LogP contribution >= 0.6 is 0 Å². The van der Waals surface area contributed by atoms with Crippen LogP contribution in [-0.4, -0.2) is 11.8 Å². The summed E-state index contributed by atoms with van der Waals surface area (Å²) in [5.74, 6) is 1.50. The van der Waals surface area contributed by atoms with Crippen LogP contribution < -0.4 is 9.64 Å². The average molecular weight is 412 g/mol. The number of fused-ring (bicyclic) bond motifs is 1. The van der Waals surface area contributed by atoms with Gasteiger partial charge >= 0.3 is 0 Å². The number of benzene rings is 3. The molecule has 0 radical (unpaired) electrons. The highest BCUT2D eigenvalue weighted by Crippen LogP contribution is 2.42. The van der Waals surface area contributed by atoms with Gasteiger partial charge in [0.2, 0.25) is 11.8 Å². The van der Waals surface area contributed by atoms with Crippen molar-refractivity contribution in [3.8, 4) is 22.6 Å². The van der Waals surface area contributed by atoms with E-state index in [4.69, 9.17) is 4.74 Å². The average Bonchev–Trinajstić information content (AvgIpc) is 3.05. The first-order valence-corrected chi connectivity index (χ1v) is 10.9. The maximum absolute atomic E-state index is 12.9. The van der Waals surface area contributed by atoms with Gasteiger partial charge < -0.3 is 4.74 Å². The number of carbonyl (C=O) groups excluding carboxylic acids is 2. The summed E-state index contributed by atoms with van der Waals surface area (Å²) in [4.78, 5) is 27.2. The molecule has 1 heterocycles. The lowest BCUT2D eigenvalue weighted by molar-refractivity contribution is -0.122. The van der Waals surface area contributed by atoms with E-state index in [-0.39, 0.29) is 23.7 Å². The number of hydrogen-bond donors (Lipinski definition) is 0. The third kappa shape index (κ3) is 3.63. The molecule has 0 N–H and O–H groups in total. The number of nitrogens with zero attached hydrogens (tertiary/aromatic N) is 1. The van der Waals surface area contributed by atoms with Gasteiger partial charge in [-0.2, -0.15) is 0 Å². The van der Waals surface area contributed by atoms with Crippen molar-refractivity contribution >= 4 is 17.5 Å². The predicted molar refractivity (Wildman–Crippen MR) is 121 cm³/mol. The zero-order valence-corrected chi connectivity index (χ0v) is 17.5. The van der Waals surface area contributed by atoms with E-state index in [1.807, 2.05) is 54.6 Å². The molecule has 156 valence electrons. The van der Waals surface area contributed by atoms with E-state index >= 15 is 0 Å². The maximum atomic E-state index is 12.9. The van der Waals surface area contributed by atoms with Crippen LogP contribution in [0.15, 0.2) is 78.9 Å². The number of amides is 2. The fraction of sp³-hybridized carbons (Fsp3) is 0.259. The molecule has 4 heteroatoms. The summed E-state index contributed by atoms with van der Waals surface area (Å²) in [5, 5.41) is 0. The van der Waals surface area contributed by atoms with Gasteiger partial charge in [-0.25, -0.2) is 0 Å². The highest BCUT2D eigenvalue weighted by molar-refractivity contribution is 6.22. The van der Waals surface area contributed by atoms with E-state index in [9.17, 15) is 9.59 Å². The Morgan fingerprint density at radius 3 is 2.23 bits per heavy atom. The molecule has 5 rings (SSSR count). The summed E-state index contributed by atoms with van der Waals surface area (Å²) >= 11 is 0. The topological polar surface area (TPSA) is 46.6 Å². The molecular formula is C27H25NO3. The molecule has 4 nitrogen and oxygen atoms in total. The highest BCUT2D eigenvalue weighted by atomic mass is 16.5. The number of para-hydroxylation sites is 1. The monoisotopic (exact) mass is 411 g/mol. The van der Waals surface area contributed by atoms with E-state index in [1.165, 1.54) is 4.90 Å². The SMILES string of the molecule is C[C@H]1CC[C@H]2C(=O)N(c3ccc(Oc4ccccc4-c4ccccc4)cc3)C(=O)[C@@H]2C1. The predicted octanol–water partition coefficient (Wildman–Crippen LogP) is 6.07. The van der Waals surface area contributed by atoms with Crippen molar-refractivity contribution in [3.63, 3.8) is 0 Å². The minimum atomic E-state index is -0.162. The van der Waals surface area contributed by atoms with Crippen LogP contribution in [-0.2, 0) is 9.59 Å². The van der Waals surface area contributed by atoms with Crippen LogP contribution in [0.25, 0.3) is 11.1 Å². The standard InChI is InChI=1S/C27H25NO3/c1-18-11-16-23-24(17-18)27(30)28(26(23)29)20-12-14-21(15-13-20)31-25-10-6-5-9-22(25)19-7-3-2-4-8-19/h2-10,12-15,18,23-24H,11,16-17H2,1H3/t18-,23+,24+/m0/s1. The Kier molecular flexibility index (Phi) is 5.06. The molecule has 3 atom stereocenters. The lowest BCUT2D eigenvalue weighted by Crippen LogP contribution is -2.30. The molecule has 1 aliphatic heterocycles. The maximum Gasteiger partial charge on any atom is 0.237 e. The second-order valence-corrected chi connectivity index (χ2v) is 8.60. The summed E-state index contributed by atoms with van der Waals surface area (Å²) < 4.78 is 6.16. The van der Waals surface area contributed by atoms with Crippen LogP contribution in [0.5, 0.6) is 11.5 Å². The van der Waals surface area contributed by atoms with Gasteiger partial charge in [0, 0.05) is 5.56 Å².